The predicted molar refractivity (Wildman–Crippen MR) is 66.6 cm³/mol. The lowest BCUT2D eigenvalue weighted by Crippen LogP contribution is -2.59. The van der Waals surface area contributed by atoms with E-state index >= 15 is 0 Å². The maximum absolute atomic E-state index is 11.3. The Balaban J connectivity index is 0.00000225. The van der Waals surface area contributed by atoms with Crippen molar-refractivity contribution in [2.75, 3.05) is 6.61 Å². The summed E-state index contributed by atoms with van der Waals surface area (Å²) in [7, 11) is 0. The van der Waals surface area contributed by atoms with Crippen LogP contribution >= 0.6 is 12.4 Å². The summed E-state index contributed by atoms with van der Waals surface area (Å²) in [6.07, 6.45) is 2.06. The van der Waals surface area contributed by atoms with Gasteiger partial charge in [0.15, 0.2) is 0 Å². The van der Waals surface area contributed by atoms with Crippen molar-refractivity contribution >= 4 is 18.3 Å². The summed E-state index contributed by atoms with van der Waals surface area (Å²) in [6.45, 7) is 9.87. The number of halogens is 1. The van der Waals surface area contributed by atoms with Gasteiger partial charge < -0.3 is 15.8 Å². The highest BCUT2D eigenvalue weighted by atomic mass is 35.5. The summed E-state index contributed by atoms with van der Waals surface area (Å²) in [5.74, 6) is -0.180. The molecule has 0 spiro atoms. The third-order valence-corrected chi connectivity index (χ3v) is 3.02. The van der Waals surface area contributed by atoms with Gasteiger partial charge in [-0.15, -0.1) is 12.4 Å². The number of nitrogens with one attached hydrogen (secondary N) is 1. The zero-order valence-electron chi connectivity index (χ0n) is 10.1. The molecule has 16 heavy (non-hydrogen) atoms. The molecular formula is C11H21ClN2O2. The van der Waals surface area contributed by atoms with Crippen molar-refractivity contribution in [3.8, 4) is 0 Å². The number of ether oxygens (including phenoxy) is 1. The van der Waals surface area contributed by atoms with E-state index < -0.39 is 11.1 Å². The molecule has 0 aromatic heterocycles. The summed E-state index contributed by atoms with van der Waals surface area (Å²) < 4.78 is 5.48. The average Bonchev–Trinajstić information content (AvgIpc) is 2.93. The molecule has 0 aromatic carbocycles. The molecule has 2 atom stereocenters. The fourth-order valence-electron chi connectivity index (χ4n) is 1.88. The van der Waals surface area contributed by atoms with Gasteiger partial charge in [0.1, 0.15) is 5.60 Å². The van der Waals surface area contributed by atoms with Crippen molar-refractivity contribution in [1.82, 2.24) is 5.32 Å². The van der Waals surface area contributed by atoms with Crippen LogP contribution in [0.4, 0.5) is 0 Å². The highest BCUT2D eigenvalue weighted by Gasteiger charge is 2.59. The molecule has 0 radical (unpaired) electrons. The maximum atomic E-state index is 11.3. The predicted octanol–water partition coefficient (Wildman–Crippen LogP) is 0.995. The summed E-state index contributed by atoms with van der Waals surface area (Å²) >= 11 is 0. The number of carbonyl (C=O) groups excluding carboxylic acids is 1. The van der Waals surface area contributed by atoms with Crippen molar-refractivity contribution in [2.24, 2.45) is 5.73 Å². The molecule has 3 N–H and O–H groups in total. The Kier molecular flexibility index (Phi) is 4.98. The zero-order chi connectivity index (χ0) is 11.7. The second-order valence-corrected chi connectivity index (χ2v) is 4.57. The molecule has 0 saturated carbocycles. The van der Waals surface area contributed by atoms with Gasteiger partial charge in [0.05, 0.1) is 12.6 Å². The van der Waals surface area contributed by atoms with Crippen LogP contribution in [0, 0.1) is 0 Å². The van der Waals surface area contributed by atoms with E-state index in [-0.39, 0.29) is 24.4 Å². The van der Waals surface area contributed by atoms with E-state index in [9.17, 15) is 4.79 Å². The lowest BCUT2D eigenvalue weighted by atomic mass is 9.81. The van der Waals surface area contributed by atoms with E-state index in [1.807, 2.05) is 20.8 Å². The van der Waals surface area contributed by atoms with E-state index in [2.05, 4.69) is 11.9 Å². The first-order valence-electron chi connectivity index (χ1n) is 5.23. The Hall–Kier alpha value is -0.580. The Morgan fingerprint density at radius 2 is 2.25 bits per heavy atom. The molecule has 2 unspecified atom stereocenters. The first-order valence-corrected chi connectivity index (χ1v) is 5.23. The molecule has 1 aliphatic heterocycles. The van der Waals surface area contributed by atoms with Crippen molar-refractivity contribution in [3.05, 3.63) is 12.7 Å². The number of hydrogen-bond donors (Lipinski definition) is 2. The summed E-state index contributed by atoms with van der Waals surface area (Å²) in [4.78, 5) is 11.3. The van der Waals surface area contributed by atoms with Crippen LogP contribution in [-0.2, 0) is 9.53 Å². The van der Waals surface area contributed by atoms with Gasteiger partial charge >= 0.3 is 0 Å². The molecule has 0 bridgehead atoms. The Labute approximate surface area is 103 Å². The van der Waals surface area contributed by atoms with Crippen molar-refractivity contribution in [3.63, 3.8) is 0 Å². The van der Waals surface area contributed by atoms with Crippen LogP contribution < -0.4 is 11.1 Å². The molecule has 1 amide bonds. The van der Waals surface area contributed by atoms with E-state index in [0.717, 1.165) is 6.42 Å². The molecule has 1 rings (SSSR count). The van der Waals surface area contributed by atoms with Crippen LogP contribution in [0.1, 0.15) is 27.2 Å². The molecule has 0 aromatic rings. The van der Waals surface area contributed by atoms with Crippen LogP contribution in [0.3, 0.4) is 0 Å². The van der Waals surface area contributed by atoms with Gasteiger partial charge in [0.2, 0.25) is 5.91 Å². The summed E-state index contributed by atoms with van der Waals surface area (Å²) in [5.41, 5.74) is 5.19. The topological polar surface area (TPSA) is 67.7 Å². The number of carbonyl (C=O) groups is 1. The van der Waals surface area contributed by atoms with Crippen molar-refractivity contribution in [1.29, 1.82) is 0 Å². The van der Waals surface area contributed by atoms with E-state index in [1.54, 1.807) is 0 Å². The summed E-state index contributed by atoms with van der Waals surface area (Å²) in [5, 5.41) is 2.86. The normalized spacial score (nSPS) is 25.2. The standard InChI is InChI=1S/C11H20N2O2.ClH/c1-5-8(13-9(14)6-2)11(7-15-11)10(3,4)12;/h6,8H,2,5,7,12H2,1,3-4H3,(H,13,14);1H. The van der Waals surface area contributed by atoms with E-state index in [1.165, 1.54) is 6.08 Å². The average molecular weight is 249 g/mol. The van der Waals surface area contributed by atoms with Gasteiger partial charge in [-0.25, -0.2) is 0 Å². The number of rotatable bonds is 5. The fourth-order valence-corrected chi connectivity index (χ4v) is 1.88. The molecule has 0 aliphatic carbocycles. The first kappa shape index (κ1) is 15.4. The van der Waals surface area contributed by atoms with Gasteiger partial charge in [0, 0.05) is 5.54 Å². The molecular weight excluding hydrogens is 228 g/mol. The molecule has 1 saturated heterocycles. The molecule has 1 heterocycles. The third-order valence-electron chi connectivity index (χ3n) is 3.02. The number of epoxide rings is 1. The SMILES string of the molecule is C=CC(=O)NC(CC)C1(C(C)(C)N)CO1.Cl. The smallest absolute Gasteiger partial charge is 0.243 e. The number of amides is 1. The Morgan fingerprint density at radius 3 is 2.50 bits per heavy atom. The third kappa shape index (κ3) is 2.75. The summed E-state index contributed by atoms with van der Waals surface area (Å²) in [6, 6.07) is -0.0528. The number of nitrogens with two attached hydrogens (primary N) is 1. The molecule has 94 valence electrons. The van der Waals surface area contributed by atoms with Crippen LogP contribution in [0.2, 0.25) is 0 Å². The fraction of sp³-hybridized carbons (Fsp3) is 0.727. The van der Waals surface area contributed by atoms with Crippen LogP contribution in [-0.4, -0.2) is 29.7 Å². The van der Waals surface area contributed by atoms with Crippen LogP contribution in [0.25, 0.3) is 0 Å². The van der Waals surface area contributed by atoms with Crippen molar-refractivity contribution < 1.29 is 9.53 Å². The monoisotopic (exact) mass is 248 g/mol. The minimum absolute atomic E-state index is 0. The molecule has 1 aliphatic rings. The minimum Gasteiger partial charge on any atom is -0.365 e. The second-order valence-electron chi connectivity index (χ2n) is 4.57. The number of hydrogen-bond acceptors (Lipinski definition) is 3. The highest BCUT2D eigenvalue weighted by molar-refractivity contribution is 5.87. The molecule has 1 fully saturated rings. The van der Waals surface area contributed by atoms with E-state index in [0.29, 0.717) is 6.61 Å². The minimum atomic E-state index is -0.456. The first-order chi connectivity index (χ1) is 6.87. The molecule has 5 heteroatoms. The maximum Gasteiger partial charge on any atom is 0.243 e. The zero-order valence-corrected chi connectivity index (χ0v) is 10.9. The van der Waals surface area contributed by atoms with Crippen LogP contribution in [0.5, 0.6) is 0 Å². The largest absolute Gasteiger partial charge is 0.365 e. The lowest BCUT2D eigenvalue weighted by molar-refractivity contribution is -0.117. The lowest BCUT2D eigenvalue weighted by Gasteiger charge is -2.34. The van der Waals surface area contributed by atoms with Gasteiger partial charge in [-0.2, -0.15) is 0 Å². The van der Waals surface area contributed by atoms with Crippen molar-refractivity contribution in [2.45, 2.75) is 44.4 Å². The molecule has 4 nitrogen and oxygen atoms in total. The Bertz CT molecular complexity index is 270. The van der Waals surface area contributed by atoms with Gasteiger partial charge in [0.25, 0.3) is 0 Å². The Morgan fingerprint density at radius 1 is 1.75 bits per heavy atom. The van der Waals surface area contributed by atoms with Gasteiger partial charge in [-0.3, -0.25) is 4.79 Å². The second kappa shape index (κ2) is 5.17. The highest BCUT2D eigenvalue weighted by Crippen LogP contribution is 2.41. The van der Waals surface area contributed by atoms with Gasteiger partial charge in [-0.1, -0.05) is 13.5 Å². The van der Waals surface area contributed by atoms with Gasteiger partial charge in [-0.05, 0) is 26.3 Å². The quantitative estimate of drug-likeness (QED) is 0.563. The van der Waals surface area contributed by atoms with Crippen LogP contribution in [0.15, 0.2) is 12.7 Å². The van der Waals surface area contributed by atoms with E-state index in [4.69, 9.17) is 10.5 Å².